The molecule has 0 saturated heterocycles. The van der Waals surface area contributed by atoms with Crippen molar-refractivity contribution in [1.82, 2.24) is 20.2 Å². The first kappa shape index (κ1) is 15.8. The van der Waals surface area contributed by atoms with Crippen molar-refractivity contribution in [2.75, 3.05) is 12.4 Å². The molecule has 0 unspecified atom stereocenters. The molecular formula is C14H20N4O2S. The lowest BCUT2D eigenvalue weighted by Crippen LogP contribution is -2.20. The second-order valence-corrected chi connectivity index (χ2v) is 6.04. The van der Waals surface area contributed by atoms with Gasteiger partial charge in [-0.05, 0) is 28.0 Å². The van der Waals surface area contributed by atoms with Crippen LogP contribution >= 0.6 is 11.8 Å². The zero-order valence-electron chi connectivity index (χ0n) is 12.4. The van der Waals surface area contributed by atoms with Gasteiger partial charge in [-0.3, -0.25) is 0 Å². The van der Waals surface area contributed by atoms with E-state index in [-0.39, 0.29) is 6.61 Å². The maximum Gasteiger partial charge on any atom is 0.209 e. The van der Waals surface area contributed by atoms with Gasteiger partial charge < -0.3 is 9.84 Å². The van der Waals surface area contributed by atoms with Crippen molar-refractivity contribution in [3.8, 4) is 5.75 Å². The molecule has 2 rings (SSSR count). The predicted molar refractivity (Wildman–Crippen MR) is 81.6 cm³/mol. The quantitative estimate of drug-likeness (QED) is 0.787. The highest BCUT2D eigenvalue weighted by atomic mass is 32.2. The molecule has 0 amide bonds. The first-order valence-corrected chi connectivity index (χ1v) is 7.81. The average molecular weight is 308 g/mol. The Bertz CT molecular complexity index is 574. The number of aliphatic hydroxyl groups is 1. The highest BCUT2D eigenvalue weighted by molar-refractivity contribution is 7.99. The molecule has 114 valence electrons. The number of hydrogen-bond acceptors (Lipinski definition) is 6. The fourth-order valence-electron chi connectivity index (χ4n) is 1.84. The van der Waals surface area contributed by atoms with Crippen LogP contribution in [0.4, 0.5) is 0 Å². The Kier molecular flexibility index (Phi) is 5.58. The molecule has 21 heavy (non-hydrogen) atoms. The molecule has 0 bridgehead atoms. The number of aliphatic hydroxyl groups excluding tert-OH is 1. The maximum absolute atomic E-state index is 10.0. The molecule has 1 N–H and O–H groups in total. The number of para-hydroxylation sites is 1. The Morgan fingerprint density at radius 2 is 2.10 bits per heavy atom. The van der Waals surface area contributed by atoms with Gasteiger partial charge in [0.25, 0.3) is 0 Å². The number of thioether (sulfide) groups is 1. The number of ether oxygens (including phenoxy) is 1. The Morgan fingerprint density at radius 3 is 2.76 bits per heavy atom. The van der Waals surface area contributed by atoms with Crippen molar-refractivity contribution in [3.05, 3.63) is 29.8 Å². The monoisotopic (exact) mass is 308 g/mol. The lowest BCUT2D eigenvalue weighted by molar-refractivity contribution is 0.125. The molecule has 1 aromatic heterocycles. The minimum absolute atomic E-state index is 0.252. The molecule has 0 fully saturated rings. The Hall–Kier alpha value is -1.60. The van der Waals surface area contributed by atoms with Crippen LogP contribution in [0.5, 0.6) is 5.75 Å². The van der Waals surface area contributed by atoms with E-state index in [2.05, 4.69) is 29.4 Å². The average Bonchev–Trinajstić information content (AvgIpc) is 2.88. The summed E-state index contributed by atoms with van der Waals surface area (Å²) in [6.07, 6.45) is -0.577. The van der Waals surface area contributed by atoms with Gasteiger partial charge in [-0.1, -0.05) is 43.8 Å². The van der Waals surface area contributed by atoms with E-state index < -0.39 is 6.10 Å². The minimum atomic E-state index is -0.577. The van der Waals surface area contributed by atoms with Crippen molar-refractivity contribution in [3.63, 3.8) is 0 Å². The summed E-state index contributed by atoms with van der Waals surface area (Å²) in [7, 11) is 1.77. The molecule has 1 atom stereocenters. The third-order valence-electron chi connectivity index (χ3n) is 2.96. The Balaban J connectivity index is 1.84. The van der Waals surface area contributed by atoms with Gasteiger partial charge in [-0.25, -0.2) is 4.68 Å². The van der Waals surface area contributed by atoms with E-state index in [1.165, 1.54) is 11.8 Å². The van der Waals surface area contributed by atoms with Crippen LogP contribution in [0.1, 0.15) is 25.3 Å². The summed E-state index contributed by atoms with van der Waals surface area (Å²) >= 11 is 1.40. The number of hydrogen-bond donors (Lipinski definition) is 1. The van der Waals surface area contributed by atoms with Gasteiger partial charge in [0, 0.05) is 12.8 Å². The van der Waals surface area contributed by atoms with E-state index in [0.717, 1.165) is 11.3 Å². The topological polar surface area (TPSA) is 73.1 Å². The smallest absolute Gasteiger partial charge is 0.209 e. The van der Waals surface area contributed by atoms with Gasteiger partial charge >= 0.3 is 0 Å². The third kappa shape index (κ3) is 4.44. The fraction of sp³-hybridized carbons (Fsp3) is 0.500. The molecule has 1 aromatic carbocycles. The van der Waals surface area contributed by atoms with Crippen molar-refractivity contribution in [1.29, 1.82) is 0 Å². The summed E-state index contributed by atoms with van der Waals surface area (Å²) in [5, 5.41) is 21.8. The van der Waals surface area contributed by atoms with E-state index >= 15 is 0 Å². The summed E-state index contributed by atoms with van der Waals surface area (Å²) in [5.74, 6) is 1.70. The summed E-state index contributed by atoms with van der Waals surface area (Å²) in [5.41, 5.74) is 1.15. The van der Waals surface area contributed by atoms with Crippen LogP contribution in [-0.2, 0) is 7.05 Å². The van der Waals surface area contributed by atoms with E-state index in [9.17, 15) is 5.11 Å². The fourth-order valence-corrected chi connectivity index (χ4v) is 2.59. The molecule has 0 radical (unpaired) electrons. The molecular weight excluding hydrogens is 288 g/mol. The number of rotatable bonds is 7. The van der Waals surface area contributed by atoms with E-state index in [1.807, 2.05) is 24.3 Å². The van der Waals surface area contributed by atoms with E-state index in [4.69, 9.17) is 4.74 Å². The Labute approximate surface area is 128 Å². The number of tetrazole rings is 1. The van der Waals surface area contributed by atoms with Crippen molar-refractivity contribution < 1.29 is 9.84 Å². The molecule has 0 aliphatic heterocycles. The summed E-state index contributed by atoms with van der Waals surface area (Å²) in [6.45, 7) is 4.49. The van der Waals surface area contributed by atoms with Crippen molar-refractivity contribution in [2.24, 2.45) is 7.05 Å². The van der Waals surface area contributed by atoms with Crippen LogP contribution in [0.15, 0.2) is 29.4 Å². The number of aromatic nitrogens is 4. The number of aryl methyl sites for hydroxylation is 1. The first-order valence-electron chi connectivity index (χ1n) is 6.83. The van der Waals surface area contributed by atoms with E-state index in [0.29, 0.717) is 16.8 Å². The second-order valence-electron chi connectivity index (χ2n) is 5.05. The highest BCUT2D eigenvalue weighted by Gasteiger charge is 2.12. The molecule has 0 spiro atoms. The number of benzene rings is 1. The summed E-state index contributed by atoms with van der Waals surface area (Å²) < 4.78 is 7.31. The minimum Gasteiger partial charge on any atom is -0.491 e. The van der Waals surface area contributed by atoms with Gasteiger partial charge in [0.15, 0.2) is 0 Å². The summed E-state index contributed by atoms with van der Waals surface area (Å²) in [4.78, 5) is 0. The molecule has 2 aromatic rings. The lowest BCUT2D eigenvalue weighted by atomic mass is 10.0. The standard InChI is InChI=1S/C14H20N4O2S/c1-10(2)12-6-4-5-7-13(12)20-8-11(19)9-21-14-15-16-17-18(14)3/h4-7,10-11,19H,8-9H2,1-3H3/t11-/m0/s1. The largest absolute Gasteiger partial charge is 0.491 e. The van der Waals surface area contributed by atoms with Crippen molar-refractivity contribution >= 4 is 11.8 Å². The normalized spacial score (nSPS) is 12.6. The van der Waals surface area contributed by atoms with Crippen LogP contribution in [0.2, 0.25) is 0 Å². The van der Waals surface area contributed by atoms with Gasteiger partial charge in [-0.15, -0.1) is 5.10 Å². The Morgan fingerprint density at radius 1 is 1.33 bits per heavy atom. The second kappa shape index (κ2) is 7.42. The van der Waals surface area contributed by atoms with Crippen LogP contribution < -0.4 is 4.74 Å². The van der Waals surface area contributed by atoms with Gasteiger partial charge in [0.05, 0.1) is 6.10 Å². The third-order valence-corrected chi connectivity index (χ3v) is 4.11. The van der Waals surface area contributed by atoms with Gasteiger partial charge in [-0.2, -0.15) is 0 Å². The molecule has 0 saturated carbocycles. The lowest BCUT2D eigenvalue weighted by Gasteiger charge is -2.16. The zero-order valence-corrected chi connectivity index (χ0v) is 13.2. The molecule has 0 aliphatic rings. The van der Waals surface area contributed by atoms with Crippen LogP contribution in [0.3, 0.4) is 0 Å². The molecule has 1 heterocycles. The predicted octanol–water partition coefficient (Wildman–Crippen LogP) is 1.87. The van der Waals surface area contributed by atoms with Gasteiger partial charge in [0.2, 0.25) is 5.16 Å². The first-order chi connectivity index (χ1) is 10.1. The zero-order chi connectivity index (χ0) is 15.2. The van der Waals surface area contributed by atoms with Crippen LogP contribution in [0, 0.1) is 0 Å². The molecule has 6 nitrogen and oxygen atoms in total. The summed E-state index contributed by atoms with van der Waals surface area (Å²) in [6, 6.07) is 7.91. The van der Waals surface area contributed by atoms with Gasteiger partial charge in [0.1, 0.15) is 12.4 Å². The molecule has 7 heteroatoms. The maximum atomic E-state index is 10.0. The number of nitrogens with zero attached hydrogens (tertiary/aromatic N) is 4. The molecule has 0 aliphatic carbocycles. The van der Waals surface area contributed by atoms with E-state index in [1.54, 1.807) is 11.7 Å². The van der Waals surface area contributed by atoms with Crippen LogP contribution in [-0.4, -0.2) is 43.8 Å². The van der Waals surface area contributed by atoms with Crippen LogP contribution in [0.25, 0.3) is 0 Å². The van der Waals surface area contributed by atoms with Crippen molar-refractivity contribution in [2.45, 2.75) is 31.0 Å². The SMILES string of the molecule is CC(C)c1ccccc1OC[C@H](O)CSc1nnnn1C. The highest BCUT2D eigenvalue weighted by Crippen LogP contribution is 2.26.